The highest BCUT2D eigenvalue weighted by molar-refractivity contribution is 7.99. The van der Waals surface area contributed by atoms with E-state index in [1.165, 1.54) is 4.90 Å². The Morgan fingerprint density at radius 3 is 2.49 bits per heavy atom. The number of para-hydroxylation sites is 2. The van der Waals surface area contributed by atoms with Crippen molar-refractivity contribution in [2.45, 2.75) is 23.5 Å². The fourth-order valence-corrected chi connectivity index (χ4v) is 5.15. The van der Waals surface area contributed by atoms with Crippen molar-refractivity contribution in [1.29, 1.82) is 0 Å². The zero-order valence-electron chi connectivity index (χ0n) is 19.5. The quantitative estimate of drug-likeness (QED) is 0.465. The zero-order chi connectivity index (χ0) is 24.8. The normalized spacial score (nSPS) is 15.1. The number of nitrogens with zero attached hydrogens (tertiary/aromatic N) is 1. The first kappa shape index (κ1) is 24.3. The number of carbonyl (C=O) groups is 3. The minimum absolute atomic E-state index is 0.104. The molecule has 3 aromatic rings. The van der Waals surface area contributed by atoms with E-state index in [9.17, 15) is 14.4 Å². The van der Waals surface area contributed by atoms with Crippen LogP contribution >= 0.6 is 11.8 Å². The van der Waals surface area contributed by atoms with Gasteiger partial charge in [-0.2, -0.15) is 0 Å². The number of thioether (sulfide) groups is 1. The number of fused-ring (bicyclic) bond motifs is 1. The minimum Gasteiger partial charge on any atom is -0.497 e. The van der Waals surface area contributed by atoms with Crippen LogP contribution in [0.25, 0.3) is 0 Å². The lowest BCUT2D eigenvalue weighted by Gasteiger charge is -2.22. The van der Waals surface area contributed by atoms with Crippen molar-refractivity contribution >= 4 is 40.9 Å². The molecular formula is C27H26N2O5S. The van der Waals surface area contributed by atoms with E-state index in [4.69, 9.17) is 9.47 Å². The van der Waals surface area contributed by atoms with Gasteiger partial charge in [0.05, 0.1) is 30.7 Å². The average Bonchev–Trinajstić information content (AvgIpc) is 3.01. The number of methoxy groups -OCH3 is 1. The van der Waals surface area contributed by atoms with Gasteiger partial charge < -0.3 is 19.7 Å². The molecule has 3 aromatic carbocycles. The second-order valence-electron chi connectivity index (χ2n) is 7.85. The molecule has 1 atom stereocenters. The molecule has 0 fully saturated rings. The lowest BCUT2D eigenvalue weighted by molar-refractivity contribution is -0.121. The summed E-state index contributed by atoms with van der Waals surface area (Å²) >= 11 is 1.60. The zero-order valence-corrected chi connectivity index (χ0v) is 20.3. The molecule has 2 amide bonds. The number of rotatable bonds is 7. The maximum atomic E-state index is 13.4. The molecule has 1 aliphatic rings. The molecular weight excluding hydrogens is 464 g/mol. The summed E-state index contributed by atoms with van der Waals surface area (Å²) in [7, 11) is 1.61. The largest absolute Gasteiger partial charge is 0.497 e. The van der Waals surface area contributed by atoms with Gasteiger partial charge in [0.15, 0.2) is 0 Å². The van der Waals surface area contributed by atoms with Gasteiger partial charge in [0.2, 0.25) is 11.8 Å². The van der Waals surface area contributed by atoms with Crippen LogP contribution in [0.5, 0.6) is 5.75 Å². The monoisotopic (exact) mass is 490 g/mol. The Bertz CT molecular complexity index is 1230. The first-order valence-electron chi connectivity index (χ1n) is 11.3. The third-order valence-electron chi connectivity index (χ3n) is 5.57. The second-order valence-corrected chi connectivity index (χ2v) is 9.09. The van der Waals surface area contributed by atoms with Crippen LogP contribution < -0.4 is 15.0 Å². The molecule has 1 unspecified atom stereocenters. The molecule has 0 radical (unpaired) electrons. The molecule has 4 rings (SSSR count). The number of esters is 1. The Hall–Kier alpha value is -3.78. The number of ether oxygens (including phenoxy) is 2. The fraction of sp³-hybridized carbons (Fsp3) is 0.222. The predicted molar refractivity (Wildman–Crippen MR) is 136 cm³/mol. The summed E-state index contributed by atoms with van der Waals surface area (Å²) in [4.78, 5) is 41.1. The van der Waals surface area contributed by atoms with E-state index in [0.717, 1.165) is 16.2 Å². The van der Waals surface area contributed by atoms with Crippen LogP contribution in [0.15, 0.2) is 77.7 Å². The number of benzene rings is 3. The first-order chi connectivity index (χ1) is 17.0. The molecule has 8 heteroatoms. The summed E-state index contributed by atoms with van der Waals surface area (Å²) in [5, 5.41) is 2.67. The van der Waals surface area contributed by atoms with Crippen LogP contribution in [-0.2, 0) is 14.3 Å². The van der Waals surface area contributed by atoms with Gasteiger partial charge in [0.1, 0.15) is 12.3 Å². The number of carbonyl (C=O) groups excluding carboxylic acids is 3. The van der Waals surface area contributed by atoms with Gasteiger partial charge in [-0.1, -0.05) is 36.4 Å². The highest BCUT2D eigenvalue weighted by Gasteiger charge is 2.30. The van der Waals surface area contributed by atoms with Crippen LogP contribution in [0.2, 0.25) is 0 Å². The van der Waals surface area contributed by atoms with E-state index >= 15 is 0 Å². The molecule has 0 spiro atoms. The molecule has 1 heterocycles. The Kier molecular flexibility index (Phi) is 7.72. The Morgan fingerprint density at radius 2 is 1.74 bits per heavy atom. The maximum absolute atomic E-state index is 13.4. The van der Waals surface area contributed by atoms with Crippen molar-refractivity contribution in [1.82, 2.24) is 0 Å². The number of anilines is 2. The summed E-state index contributed by atoms with van der Waals surface area (Å²) in [6, 6.07) is 21.9. The maximum Gasteiger partial charge on any atom is 0.340 e. The summed E-state index contributed by atoms with van der Waals surface area (Å²) in [5.74, 6) is -0.325. The third-order valence-corrected chi connectivity index (χ3v) is 6.89. The van der Waals surface area contributed by atoms with E-state index in [1.54, 1.807) is 50.1 Å². The number of hydrogen-bond acceptors (Lipinski definition) is 6. The van der Waals surface area contributed by atoms with Crippen LogP contribution in [0.1, 0.15) is 34.5 Å². The number of nitrogens with one attached hydrogen (secondary N) is 1. The lowest BCUT2D eigenvalue weighted by atomic mass is 10.1. The molecule has 0 saturated heterocycles. The SMILES string of the molecule is CCOC(=O)c1ccccc1NC(=O)CN1C(=O)CC(c2ccc(OC)cc2)Sc2ccccc21. The van der Waals surface area contributed by atoms with Crippen LogP contribution in [0.4, 0.5) is 11.4 Å². The van der Waals surface area contributed by atoms with Gasteiger partial charge in [-0.05, 0) is 48.9 Å². The number of hydrogen-bond donors (Lipinski definition) is 1. The lowest BCUT2D eigenvalue weighted by Crippen LogP contribution is -2.38. The molecule has 35 heavy (non-hydrogen) atoms. The fourth-order valence-electron chi connectivity index (χ4n) is 3.87. The second kappa shape index (κ2) is 11.1. The summed E-state index contributed by atoms with van der Waals surface area (Å²) < 4.78 is 10.3. The number of amides is 2. The van der Waals surface area contributed by atoms with Crippen molar-refractivity contribution in [3.63, 3.8) is 0 Å². The van der Waals surface area contributed by atoms with Crippen molar-refractivity contribution in [2.75, 3.05) is 30.5 Å². The van der Waals surface area contributed by atoms with Crippen molar-refractivity contribution in [2.24, 2.45) is 0 Å². The van der Waals surface area contributed by atoms with Crippen LogP contribution in [0, 0.1) is 0 Å². The molecule has 0 aromatic heterocycles. The molecule has 0 bridgehead atoms. The standard InChI is InChI=1S/C27H26N2O5S/c1-3-34-27(32)20-8-4-5-9-21(20)28-25(30)17-29-22-10-6-7-11-23(22)35-24(16-26(29)31)18-12-14-19(33-2)15-13-18/h4-15,24H,3,16-17H2,1-2H3,(H,28,30). The van der Waals surface area contributed by atoms with Crippen molar-refractivity contribution in [3.8, 4) is 5.75 Å². The van der Waals surface area contributed by atoms with Gasteiger partial charge in [0.25, 0.3) is 0 Å². The molecule has 7 nitrogen and oxygen atoms in total. The Balaban J connectivity index is 1.56. The smallest absolute Gasteiger partial charge is 0.340 e. The first-order valence-corrected chi connectivity index (χ1v) is 12.1. The average molecular weight is 491 g/mol. The van der Waals surface area contributed by atoms with Crippen LogP contribution in [0.3, 0.4) is 0 Å². The van der Waals surface area contributed by atoms with E-state index in [2.05, 4.69) is 5.32 Å². The molecule has 0 aliphatic carbocycles. The highest BCUT2D eigenvalue weighted by atomic mass is 32.2. The van der Waals surface area contributed by atoms with Gasteiger partial charge >= 0.3 is 5.97 Å². The van der Waals surface area contributed by atoms with E-state index in [0.29, 0.717) is 11.4 Å². The van der Waals surface area contributed by atoms with Crippen LogP contribution in [-0.4, -0.2) is 38.0 Å². The van der Waals surface area contributed by atoms with Gasteiger partial charge in [-0.25, -0.2) is 4.79 Å². The topological polar surface area (TPSA) is 84.9 Å². The van der Waals surface area contributed by atoms with Crippen molar-refractivity contribution in [3.05, 3.63) is 83.9 Å². The molecule has 1 N–H and O–H groups in total. The predicted octanol–water partition coefficient (Wildman–Crippen LogP) is 5.08. The van der Waals surface area contributed by atoms with E-state index in [1.807, 2.05) is 48.5 Å². The van der Waals surface area contributed by atoms with Gasteiger partial charge in [-0.3, -0.25) is 9.59 Å². The highest BCUT2D eigenvalue weighted by Crippen LogP contribution is 2.45. The molecule has 180 valence electrons. The van der Waals surface area contributed by atoms with Gasteiger partial charge in [0, 0.05) is 16.6 Å². The molecule has 0 saturated carbocycles. The van der Waals surface area contributed by atoms with Gasteiger partial charge in [-0.15, -0.1) is 11.8 Å². The summed E-state index contributed by atoms with van der Waals surface area (Å²) in [5.41, 5.74) is 2.30. The summed E-state index contributed by atoms with van der Waals surface area (Å²) in [6.07, 6.45) is 0.234. The minimum atomic E-state index is -0.515. The summed E-state index contributed by atoms with van der Waals surface area (Å²) in [6.45, 7) is 1.77. The Morgan fingerprint density at radius 1 is 1.03 bits per heavy atom. The van der Waals surface area contributed by atoms with E-state index < -0.39 is 11.9 Å². The van der Waals surface area contributed by atoms with E-state index in [-0.39, 0.29) is 36.3 Å². The third kappa shape index (κ3) is 5.66. The Labute approximate surface area is 208 Å². The van der Waals surface area contributed by atoms with Crippen molar-refractivity contribution < 1.29 is 23.9 Å². The molecule has 1 aliphatic heterocycles.